The minimum absolute atomic E-state index is 0.102. The van der Waals surface area contributed by atoms with Crippen LogP contribution < -0.4 is 5.32 Å². The molecule has 0 saturated carbocycles. The minimum atomic E-state index is -0.997. The normalized spacial score (nSPS) is 11.3. The fraction of sp³-hybridized carbons (Fsp3) is 0.385. The maximum atomic E-state index is 11.1. The number of rotatable bonds is 6. The lowest BCUT2D eigenvalue weighted by Crippen LogP contribution is -2.26. The number of nitrogens with one attached hydrogen (secondary N) is 1. The van der Waals surface area contributed by atoms with E-state index in [1.165, 1.54) is 0 Å². The van der Waals surface area contributed by atoms with E-state index in [-0.39, 0.29) is 5.69 Å². The predicted octanol–water partition coefficient (Wildman–Crippen LogP) is 0.684. The molecule has 0 aromatic carbocycles. The molecule has 6 nitrogen and oxygen atoms in total. The Morgan fingerprint density at radius 2 is 2.26 bits per heavy atom. The molecule has 2 aromatic heterocycles. The van der Waals surface area contributed by atoms with Crippen molar-refractivity contribution in [2.24, 2.45) is 0 Å². The van der Waals surface area contributed by atoms with Crippen LogP contribution in [0, 0.1) is 0 Å². The third-order valence-electron chi connectivity index (χ3n) is 2.84. The molecule has 19 heavy (non-hydrogen) atoms. The molecule has 0 aliphatic rings. The zero-order valence-electron chi connectivity index (χ0n) is 11.1. The van der Waals surface area contributed by atoms with Gasteiger partial charge < -0.3 is 19.7 Å². The summed E-state index contributed by atoms with van der Waals surface area (Å²) in [6.07, 6.45) is 1.83. The summed E-state index contributed by atoms with van der Waals surface area (Å²) in [6, 6.07) is 5.44. The predicted molar refractivity (Wildman–Crippen MR) is 72.4 cm³/mol. The molecule has 0 fully saturated rings. The Kier molecular flexibility index (Phi) is 4.13. The monoisotopic (exact) mass is 262 g/mol. The van der Waals surface area contributed by atoms with Gasteiger partial charge in [-0.3, -0.25) is 0 Å². The molecule has 0 bridgehead atoms. The first-order chi connectivity index (χ1) is 9.09. The van der Waals surface area contributed by atoms with Gasteiger partial charge in [-0.05, 0) is 26.2 Å². The number of carboxylic acids is 1. The van der Waals surface area contributed by atoms with Crippen molar-refractivity contribution < 1.29 is 9.90 Å². The van der Waals surface area contributed by atoms with E-state index in [0.717, 1.165) is 13.1 Å². The fourth-order valence-corrected chi connectivity index (χ4v) is 1.89. The number of hydrogen-bond donors (Lipinski definition) is 2. The molecule has 0 aliphatic carbocycles. The number of aromatic nitrogens is 2. The molecule has 0 amide bonds. The largest absolute Gasteiger partial charge is 0.476 e. The average molecular weight is 262 g/mol. The van der Waals surface area contributed by atoms with E-state index in [4.69, 9.17) is 5.11 Å². The standard InChI is InChI=1S/C13H18N4O2/c1-16(2)8-6-14-9-11-15-12(13(18)19)10-5-3-4-7-17(10)11/h3-5,7,14H,6,8-9H2,1-2H3,(H,18,19). The van der Waals surface area contributed by atoms with Crippen LogP contribution in [0.1, 0.15) is 16.3 Å². The van der Waals surface area contributed by atoms with E-state index in [2.05, 4.69) is 15.2 Å². The molecule has 102 valence electrons. The fourth-order valence-electron chi connectivity index (χ4n) is 1.89. The van der Waals surface area contributed by atoms with Crippen LogP contribution in [-0.4, -0.2) is 52.5 Å². The van der Waals surface area contributed by atoms with Crippen molar-refractivity contribution in [3.05, 3.63) is 35.9 Å². The third kappa shape index (κ3) is 3.10. The van der Waals surface area contributed by atoms with Crippen LogP contribution in [0.2, 0.25) is 0 Å². The number of likely N-dealkylation sites (N-methyl/N-ethyl adjacent to an activating group) is 1. The Bertz CT molecular complexity index is 577. The van der Waals surface area contributed by atoms with Gasteiger partial charge in [0.2, 0.25) is 0 Å². The number of carboxylic acid groups (broad SMARTS) is 1. The van der Waals surface area contributed by atoms with Crippen molar-refractivity contribution >= 4 is 11.5 Å². The van der Waals surface area contributed by atoms with Crippen molar-refractivity contribution in [2.75, 3.05) is 27.2 Å². The zero-order chi connectivity index (χ0) is 13.8. The van der Waals surface area contributed by atoms with Gasteiger partial charge in [-0.1, -0.05) is 6.07 Å². The van der Waals surface area contributed by atoms with Gasteiger partial charge in [0, 0.05) is 19.3 Å². The first kappa shape index (κ1) is 13.5. The van der Waals surface area contributed by atoms with E-state index in [9.17, 15) is 4.79 Å². The molecular formula is C13H18N4O2. The summed E-state index contributed by atoms with van der Waals surface area (Å²) in [4.78, 5) is 17.4. The number of nitrogens with zero attached hydrogens (tertiary/aromatic N) is 3. The number of pyridine rings is 1. The SMILES string of the molecule is CN(C)CCNCc1nc(C(=O)O)c2ccccn12. The molecule has 2 N–H and O–H groups in total. The molecule has 2 rings (SSSR count). The van der Waals surface area contributed by atoms with Crippen molar-refractivity contribution in [3.8, 4) is 0 Å². The van der Waals surface area contributed by atoms with E-state index >= 15 is 0 Å². The van der Waals surface area contributed by atoms with Crippen molar-refractivity contribution in [3.63, 3.8) is 0 Å². The maximum Gasteiger partial charge on any atom is 0.356 e. The summed E-state index contributed by atoms with van der Waals surface area (Å²) in [6.45, 7) is 2.30. The van der Waals surface area contributed by atoms with Gasteiger partial charge in [0.15, 0.2) is 5.69 Å². The molecule has 2 aromatic rings. The second-order valence-corrected chi connectivity index (χ2v) is 4.62. The topological polar surface area (TPSA) is 69.9 Å². The molecule has 0 aliphatic heterocycles. The van der Waals surface area contributed by atoms with Gasteiger partial charge in [0.25, 0.3) is 0 Å². The molecule has 0 unspecified atom stereocenters. The highest BCUT2D eigenvalue weighted by Gasteiger charge is 2.15. The molecule has 2 heterocycles. The highest BCUT2D eigenvalue weighted by molar-refractivity contribution is 5.93. The summed E-state index contributed by atoms with van der Waals surface area (Å²) < 4.78 is 1.81. The molecule has 0 spiro atoms. The lowest BCUT2D eigenvalue weighted by Gasteiger charge is -2.09. The molecule has 0 atom stereocenters. The van der Waals surface area contributed by atoms with Gasteiger partial charge >= 0.3 is 5.97 Å². The Labute approximate surface area is 111 Å². The first-order valence-electron chi connectivity index (χ1n) is 6.14. The van der Waals surface area contributed by atoms with Crippen LogP contribution in [0.3, 0.4) is 0 Å². The summed E-state index contributed by atoms with van der Waals surface area (Å²) >= 11 is 0. The van der Waals surface area contributed by atoms with Crippen LogP contribution in [-0.2, 0) is 6.54 Å². The van der Waals surface area contributed by atoms with Crippen LogP contribution >= 0.6 is 0 Å². The Morgan fingerprint density at radius 3 is 2.95 bits per heavy atom. The lowest BCUT2D eigenvalue weighted by molar-refractivity contribution is 0.0693. The number of carbonyl (C=O) groups is 1. The second-order valence-electron chi connectivity index (χ2n) is 4.62. The van der Waals surface area contributed by atoms with Gasteiger partial charge in [-0.15, -0.1) is 0 Å². The van der Waals surface area contributed by atoms with Crippen LogP contribution in [0.5, 0.6) is 0 Å². The summed E-state index contributed by atoms with van der Waals surface area (Å²) in [5.74, 6) is -0.282. The minimum Gasteiger partial charge on any atom is -0.476 e. The third-order valence-corrected chi connectivity index (χ3v) is 2.84. The van der Waals surface area contributed by atoms with E-state index in [1.807, 2.05) is 36.8 Å². The van der Waals surface area contributed by atoms with Crippen LogP contribution in [0.25, 0.3) is 5.52 Å². The number of imidazole rings is 1. The molecular weight excluding hydrogens is 244 g/mol. The van der Waals surface area contributed by atoms with Crippen LogP contribution in [0.4, 0.5) is 0 Å². The number of fused-ring (bicyclic) bond motifs is 1. The van der Waals surface area contributed by atoms with Gasteiger partial charge in [-0.2, -0.15) is 0 Å². The molecule has 6 heteroatoms. The summed E-state index contributed by atoms with van der Waals surface area (Å²) in [5, 5.41) is 12.4. The zero-order valence-corrected chi connectivity index (χ0v) is 11.1. The van der Waals surface area contributed by atoms with Crippen molar-refractivity contribution in [1.82, 2.24) is 19.6 Å². The highest BCUT2D eigenvalue weighted by atomic mass is 16.4. The summed E-state index contributed by atoms with van der Waals surface area (Å²) in [7, 11) is 4.02. The number of aromatic carboxylic acids is 1. The second kappa shape index (κ2) is 5.81. The van der Waals surface area contributed by atoms with E-state index in [1.54, 1.807) is 6.07 Å². The van der Waals surface area contributed by atoms with Crippen molar-refractivity contribution in [2.45, 2.75) is 6.54 Å². The smallest absolute Gasteiger partial charge is 0.356 e. The van der Waals surface area contributed by atoms with Gasteiger partial charge in [0.1, 0.15) is 5.82 Å². The quantitative estimate of drug-likeness (QED) is 0.749. The lowest BCUT2D eigenvalue weighted by atomic mass is 10.3. The van der Waals surface area contributed by atoms with Gasteiger partial charge in [0.05, 0.1) is 12.1 Å². The first-order valence-corrected chi connectivity index (χ1v) is 6.14. The van der Waals surface area contributed by atoms with E-state index in [0.29, 0.717) is 17.9 Å². The van der Waals surface area contributed by atoms with Gasteiger partial charge in [-0.25, -0.2) is 9.78 Å². The Balaban J connectivity index is 2.16. The summed E-state index contributed by atoms with van der Waals surface area (Å²) in [5.41, 5.74) is 0.726. The van der Waals surface area contributed by atoms with Crippen LogP contribution in [0.15, 0.2) is 24.4 Å². The number of hydrogen-bond acceptors (Lipinski definition) is 4. The molecule has 0 radical (unpaired) electrons. The van der Waals surface area contributed by atoms with Crippen molar-refractivity contribution in [1.29, 1.82) is 0 Å². The Hall–Kier alpha value is -1.92. The Morgan fingerprint density at radius 1 is 1.47 bits per heavy atom. The molecule has 0 saturated heterocycles. The maximum absolute atomic E-state index is 11.1. The van der Waals surface area contributed by atoms with E-state index < -0.39 is 5.97 Å². The average Bonchev–Trinajstić information content (AvgIpc) is 2.74. The highest BCUT2D eigenvalue weighted by Crippen LogP contribution is 2.12.